The number of carbonyl (C=O) groups excluding carboxylic acids is 1. The molecule has 0 aromatic rings. The molecule has 0 aromatic heterocycles. The first-order chi connectivity index (χ1) is 4.20. The zero-order valence-corrected chi connectivity index (χ0v) is 5.98. The van der Waals surface area contributed by atoms with Gasteiger partial charge in [0, 0.05) is 12.7 Å². The standard InChI is InChI=1S/C5H8N2OS/c1-4(8)7-5(2-6)3-9/h5,9H,3H2,1H3,(H,7,8)/t5-/m1/s1. The van der Waals surface area contributed by atoms with E-state index in [0.717, 1.165) is 0 Å². The van der Waals surface area contributed by atoms with E-state index in [9.17, 15) is 4.79 Å². The molecule has 0 saturated carbocycles. The first-order valence-electron chi connectivity index (χ1n) is 2.48. The van der Waals surface area contributed by atoms with Gasteiger partial charge >= 0.3 is 0 Å². The van der Waals surface area contributed by atoms with Crippen LogP contribution in [-0.4, -0.2) is 17.7 Å². The Bertz CT molecular complexity index is 140. The normalized spacial score (nSPS) is 11.7. The SMILES string of the molecule is CC(=O)N[C@H](C#N)CS. The Kier molecular flexibility index (Phi) is 3.89. The van der Waals surface area contributed by atoms with E-state index in [1.54, 1.807) is 0 Å². The van der Waals surface area contributed by atoms with Crippen molar-refractivity contribution in [3.63, 3.8) is 0 Å². The molecule has 4 heteroatoms. The Morgan fingerprint density at radius 1 is 2.00 bits per heavy atom. The molecule has 3 nitrogen and oxygen atoms in total. The highest BCUT2D eigenvalue weighted by Crippen LogP contribution is 1.83. The number of rotatable bonds is 2. The Morgan fingerprint density at radius 2 is 2.56 bits per heavy atom. The van der Waals surface area contributed by atoms with E-state index in [1.165, 1.54) is 6.92 Å². The molecular formula is C5H8N2OS. The molecule has 0 fully saturated rings. The monoisotopic (exact) mass is 144 g/mol. The van der Waals surface area contributed by atoms with E-state index in [-0.39, 0.29) is 5.91 Å². The molecule has 0 heterocycles. The molecule has 0 saturated heterocycles. The minimum absolute atomic E-state index is 0.199. The van der Waals surface area contributed by atoms with Gasteiger partial charge in [-0.2, -0.15) is 17.9 Å². The van der Waals surface area contributed by atoms with Gasteiger partial charge in [-0.3, -0.25) is 4.79 Å². The minimum atomic E-state index is -0.453. The van der Waals surface area contributed by atoms with E-state index in [1.807, 2.05) is 6.07 Å². The summed E-state index contributed by atoms with van der Waals surface area (Å²) < 4.78 is 0. The van der Waals surface area contributed by atoms with Crippen LogP contribution in [0.3, 0.4) is 0 Å². The summed E-state index contributed by atoms with van der Waals surface area (Å²) in [5.74, 6) is 0.159. The summed E-state index contributed by atoms with van der Waals surface area (Å²) in [5.41, 5.74) is 0. The third-order valence-corrected chi connectivity index (χ3v) is 1.08. The second kappa shape index (κ2) is 4.21. The zero-order valence-electron chi connectivity index (χ0n) is 5.09. The average Bonchev–Trinajstić information content (AvgIpc) is 1.82. The number of nitriles is 1. The van der Waals surface area contributed by atoms with Crippen LogP contribution in [0.2, 0.25) is 0 Å². The molecule has 0 bridgehead atoms. The predicted molar refractivity (Wildman–Crippen MR) is 37.1 cm³/mol. The van der Waals surface area contributed by atoms with Gasteiger partial charge in [-0.1, -0.05) is 0 Å². The maximum absolute atomic E-state index is 10.3. The molecule has 1 amide bonds. The summed E-state index contributed by atoms with van der Waals surface area (Å²) in [6, 6.07) is 1.42. The van der Waals surface area contributed by atoms with Gasteiger partial charge in [0.1, 0.15) is 6.04 Å². The number of hydrogen-bond donors (Lipinski definition) is 2. The third-order valence-electron chi connectivity index (χ3n) is 0.716. The van der Waals surface area contributed by atoms with Gasteiger partial charge in [0.05, 0.1) is 6.07 Å². The van der Waals surface area contributed by atoms with Crippen molar-refractivity contribution in [1.29, 1.82) is 5.26 Å². The first-order valence-corrected chi connectivity index (χ1v) is 3.11. The van der Waals surface area contributed by atoms with Crippen LogP contribution in [0.1, 0.15) is 6.92 Å². The van der Waals surface area contributed by atoms with Crippen LogP contribution >= 0.6 is 12.6 Å². The molecule has 0 aromatic carbocycles. The lowest BCUT2D eigenvalue weighted by atomic mass is 10.4. The van der Waals surface area contributed by atoms with Crippen LogP contribution in [0.25, 0.3) is 0 Å². The van der Waals surface area contributed by atoms with Crippen molar-refractivity contribution in [3.8, 4) is 6.07 Å². The molecule has 50 valence electrons. The number of hydrogen-bond acceptors (Lipinski definition) is 3. The van der Waals surface area contributed by atoms with E-state index in [4.69, 9.17) is 5.26 Å². The number of amides is 1. The minimum Gasteiger partial charge on any atom is -0.340 e. The van der Waals surface area contributed by atoms with Crippen LogP contribution in [0.15, 0.2) is 0 Å². The molecule has 0 unspecified atom stereocenters. The lowest BCUT2D eigenvalue weighted by molar-refractivity contribution is -0.119. The van der Waals surface area contributed by atoms with Crippen molar-refractivity contribution in [2.75, 3.05) is 5.75 Å². The number of carbonyl (C=O) groups is 1. The average molecular weight is 144 g/mol. The topological polar surface area (TPSA) is 52.9 Å². The summed E-state index contributed by atoms with van der Waals surface area (Å²) >= 11 is 3.83. The lowest BCUT2D eigenvalue weighted by Gasteiger charge is -2.03. The highest BCUT2D eigenvalue weighted by Gasteiger charge is 2.03. The van der Waals surface area contributed by atoms with E-state index in [2.05, 4.69) is 17.9 Å². The summed E-state index contributed by atoms with van der Waals surface area (Å²) in [6.07, 6.45) is 0. The molecule has 0 aliphatic heterocycles. The van der Waals surface area contributed by atoms with Crippen molar-refractivity contribution in [1.82, 2.24) is 5.32 Å². The summed E-state index contributed by atoms with van der Waals surface area (Å²) in [7, 11) is 0. The second-order valence-electron chi connectivity index (χ2n) is 1.56. The van der Waals surface area contributed by atoms with Gasteiger partial charge in [0.25, 0.3) is 0 Å². The summed E-state index contributed by atoms with van der Waals surface area (Å²) in [6.45, 7) is 1.37. The molecule has 9 heavy (non-hydrogen) atoms. The fourth-order valence-corrected chi connectivity index (χ4v) is 0.537. The fraction of sp³-hybridized carbons (Fsp3) is 0.600. The molecule has 1 N–H and O–H groups in total. The quantitative estimate of drug-likeness (QED) is 0.534. The maximum Gasteiger partial charge on any atom is 0.217 e. The third kappa shape index (κ3) is 3.86. The van der Waals surface area contributed by atoms with E-state index < -0.39 is 6.04 Å². The van der Waals surface area contributed by atoms with Crippen LogP contribution in [-0.2, 0) is 4.79 Å². The summed E-state index contributed by atoms with van der Waals surface area (Å²) in [5, 5.41) is 10.7. The Morgan fingerprint density at radius 3 is 2.67 bits per heavy atom. The number of nitrogens with zero attached hydrogens (tertiary/aromatic N) is 1. The Hall–Kier alpha value is -0.690. The molecule has 0 aliphatic carbocycles. The zero-order chi connectivity index (χ0) is 7.28. The second-order valence-corrected chi connectivity index (χ2v) is 1.93. The van der Waals surface area contributed by atoms with Crippen molar-refractivity contribution in [2.45, 2.75) is 13.0 Å². The van der Waals surface area contributed by atoms with E-state index in [0.29, 0.717) is 5.75 Å². The smallest absolute Gasteiger partial charge is 0.217 e. The van der Waals surface area contributed by atoms with Crippen molar-refractivity contribution >= 4 is 18.5 Å². The van der Waals surface area contributed by atoms with Crippen LogP contribution in [0, 0.1) is 11.3 Å². The molecule has 0 aliphatic rings. The Balaban J connectivity index is 3.60. The molecule has 0 radical (unpaired) electrons. The van der Waals surface area contributed by atoms with Crippen LogP contribution in [0.5, 0.6) is 0 Å². The lowest BCUT2D eigenvalue weighted by Crippen LogP contribution is -2.32. The van der Waals surface area contributed by atoms with E-state index >= 15 is 0 Å². The van der Waals surface area contributed by atoms with Gasteiger partial charge in [-0.25, -0.2) is 0 Å². The van der Waals surface area contributed by atoms with Crippen molar-refractivity contribution in [3.05, 3.63) is 0 Å². The van der Waals surface area contributed by atoms with Crippen LogP contribution < -0.4 is 5.32 Å². The van der Waals surface area contributed by atoms with Gasteiger partial charge in [0.2, 0.25) is 5.91 Å². The Labute approximate surface area is 59.5 Å². The van der Waals surface area contributed by atoms with Gasteiger partial charge in [0.15, 0.2) is 0 Å². The molecule has 0 rings (SSSR count). The fourth-order valence-electron chi connectivity index (χ4n) is 0.364. The van der Waals surface area contributed by atoms with Crippen molar-refractivity contribution < 1.29 is 4.79 Å². The van der Waals surface area contributed by atoms with Crippen molar-refractivity contribution in [2.24, 2.45) is 0 Å². The van der Waals surface area contributed by atoms with Gasteiger partial charge in [-0.15, -0.1) is 0 Å². The largest absolute Gasteiger partial charge is 0.340 e. The molecular weight excluding hydrogens is 136 g/mol. The van der Waals surface area contributed by atoms with Crippen LogP contribution in [0.4, 0.5) is 0 Å². The van der Waals surface area contributed by atoms with Gasteiger partial charge < -0.3 is 5.32 Å². The molecule has 1 atom stereocenters. The molecule has 0 spiro atoms. The highest BCUT2D eigenvalue weighted by molar-refractivity contribution is 7.80. The number of nitrogens with one attached hydrogen (secondary N) is 1. The maximum atomic E-state index is 10.3. The highest BCUT2D eigenvalue weighted by atomic mass is 32.1. The first kappa shape index (κ1) is 8.31. The number of thiol groups is 1. The predicted octanol–water partition coefficient (Wildman–Crippen LogP) is -0.0555. The van der Waals surface area contributed by atoms with Gasteiger partial charge in [-0.05, 0) is 0 Å². The summed E-state index contributed by atoms with van der Waals surface area (Å²) in [4.78, 5) is 10.3.